The van der Waals surface area contributed by atoms with Crippen molar-refractivity contribution >= 4 is 64.9 Å². The van der Waals surface area contributed by atoms with Crippen LogP contribution in [0.2, 0.25) is 0 Å². The van der Waals surface area contributed by atoms with Gasteiger partial charge in [0.25, 0.3) is 0 Å². The van der Waals surface area contributed by atoms with E-state index < -0.39 is 0 Å². The molecule has 0 fully saturated rings. The Hall–Kier alpha value is -6.96. The Morgan fingerprint density at radius 1 is 0.492 bits per heavy atom. The van der Waals surface area contributed by atoms with E-state index in [-0.39, 0.29) is 0 Å². The molecule has 0 saturated carbocycles. The second-order valence-electron chi connectivity index (χ2n) is 17.0. The molecule has 0 saturated heterocycles. The third kappa shape index (κ3) is 8.75. The van der Waals surface area contributed by atoms with Gasteiger partial charge in [0.15, 0.2) is 0 Å². The van der Waals surface area contributed by atoms with E-state index >= 15 is 0 Å². The molecule has 0 unspecified atom stereocenters. The minimum absolute atomic E-state index is 0.447. The van der Waals surface area contributed by atoms with Crippen LogP contribution in [-0.2, 0) is 32.2 Å². The van der Waals surface area contributed by atoms with E-state index in [9.17, 15) is 0 Å². The van der Waals surface area contributed by atoms with Gasteiger partial charge < -0.3 is 4.57 Å². The summed E-state index contributed by atoms with van der Waals surface area (Å²) >= 11 is 0. The smallest absolute Gasteiger partial charge is 0.0491 e. The van der Waals surface area contributed by atoms with Crippen molar-refractivity contribution < 1.29 is 0 Å². The van der Waals surface area contributed by atoms with Crippen LogP contribution in [0.1, 0.15) is 59.6 Å². The largest absolute Gasteiger partial charge is 0.341 e. The average molecular weight is 816 g/mol. The lowest BCUT2D eigenvalue weighted by molar-refractivity contribution is 0.623. The fraction of sp³-hybridized carbons (Fsp3) is 0.161. The maximum Gasteiger partial charge on any atom is 0.0491 e. The molecule has 0 amide bonds. The summed E-state index contributed by atoms with van der Waals surface area (Å²) in [5.41, 5.74) is 11.1. The minimum atomic E-state index is 0.447. The van der Waals surface area contributed by atoms with Gasteiger partial charge in [-0.05, 0) is 147 Å². The first-order chi connectivity index (χ1) is 31.0. The van der Waals surface area contributed by atoms with Crippen molar-refractivity contribution in [2.75, 3.05) is 0 Å². The molecule has 0 spiro atoms. The Labute approximate surface area is 373 Å². The van der Waals surface area contributed by atoms with E-state index in [2.05, 4.69) is 208 Å². The molecule has 1 aromatic heterocycles. The number of allylic oxidation sites excluding steroid dienone is 1. The van der Waals surface area contributed by atoms with Gasteiger partial charge in [0.05, 0.1) is 0 Å². The standard InChI is InChI=1S/C42H37N.C13H12.C7H8/c1-3-28-13-23-39-37(26-28)38-27-29(14-24-40(38)43(39)4-2)25-35(30-9-6-5-7-10-30)20-16-31-15-17-34-19-18-32-11-8-12-33-21-22-36(31)42(34)41(32)33;1-2-6-11-8-5-9-12-7-3-4-10-13(11)12;1-7-5-3-2-4-6-7/h5-15,17-19,21-24,26-27,35H,3-4,16,20,25H2,1-2H3;2-5,7-10H,1,6H2;2-6H,1H3/t35-;;/m0../s1. The first kappa shape index (κ1) is 41.4. The van der Waals surface area contributed by atoms with Crippen LogP contribution in [0.5, 0.6) is 0 Å². The van der Waals surface area contributed by atoms with Crippen LogP contribution in [0.25, 0.3) is 64.9 Å². The Bertz CT molecular complexity index is 3260. The Morgan fingerprint density at radius 2 is 1.08 bits per heavy atom. The number of hydrogen-bond acceptors (Lipinski definition) is 0. The van der Waals surface area contributed by atoms with E-state index in [0.29, 0.717) is 5.92 Å². The number of hydrogen-bond donors (Lipinski definition) is 0. The van der Waals surface area contributed by atoms with Crippen molar-refractivity contribution in [2.24, 2.45) is 0 Å². The second kappa shape index (κ2) is 19.0. The molecule has 1 nitrogen and oxygen atoms in total. The first-order valence-electron chi connectivity index (χ1n) is 22.9. The van der Waals surface area contributed by atoms with Crippen molar-refractivity contribution in [1.82, 2.24) is 4.57 Å². The van der Waals surface area contributed by atoms with Gasteiger partial charge in [-0.25, -0.2) is 0 Å². The molecule has 310 valence electrons. The van der Waals surface area contributed by atoms with Gasteiger partial charge in [-0.2, -0.15) is 0 Å². The van der Waals surface area contributed by atoms with E-state index in [0.717, 1.165) is 38.6 Å². The lowest BCUT2D eigenvalue weighted by Gasteiger charge is -2.19. The molecule has 1 heterocycles. The minimum Gasteiger partial charge on any atom is -0.341 e. The third-order valence-electron chi connectivity index (χ3n) is 13.0. The fourth-order valence-corrected chi connectivity index (χ4v) is 9.79. The van der Waals surface area contributed by atoms with Crippen LogP contribution in [0, 0.1) is 6.92 Å². The summed E-state index contributed by atoms with van der Waals surface area (Å²) in [5.74, 6) is 0.447. The molecule has 10 aromatic carbocycles. The molecule has 0 aliphatic heterocycles. The Kier molecular flexibility index (Phi) is 12.5. The number of benzene rings is 10. The predicted molar refractivity (Wildman–Crippen MR) is 275 cm³/mol. The molecule has 0 N–H and O–H groups in total. The number of rotatable bonds is 10. The summed E-state index contributed by atoms with van der Waals surface area (Å²) in [6.45, 7) is 11.3. The lowest BCUT2D eigenvalue weighted by atomic mass is 9.85. The fourth-order valence-electron chi connectivity index (χ4n) is 9.79. The zero-order valence-corrected chi connectivity index (χ0v) is 37.0. The van der Waals surface area contributed by atoms with Crippen LogP contribution in [0.15, 0.2) is 207 Å². The zero-order chi connectivity index (χ0) is 43.1. The molecule has 0 radical (unpaired) electrons. The van der Waals surface area contributed by atoms with E-state index in [1.807, 2.05) is 24.3 Å². The number of aromatic nitrogens is 1. The summed E-state index contributed by atoms with van der Waals surface area (Å²) in [7, 11) is 0. The molecular formula is C62H57N. The maximum absolute atomic E-state index is 3.76. The summed E-state index contributed by atoms with van der Waals surface area (Å²) in [4.78, 5) is 0. The maximum atomic E-state index is 3.76. The van der Waals surface area contributed by atoms with E-state index in [4.69, 9.17) is 0 Å². The zero-order valence-electron chi connectivity index (χ0n) is 37.0. The number of aryl methyl sites for hydroxylation is 4. The van der Waals surface area contributed by atoms with Crippen molar-refractivity contribution in [2.45, 2.75) is 65.3 Å². The molecule has 0 bridgehead atoms. The average Bonchev–Trinajstić information content (AvgIpc) is 3.65. The molecule has 0 aliphatic rings. The Balaban J connectivity index is 0.000000206. The summed E-state index contributed by atoms with van der Waals surface area (Å²) in [6.07, 6.45) is 7.17. The molecule has 63 heavy (non-hydrogen) atoms. The van der Waals surface area contributed by atoms with Gasteiger partial charge in [-0.3, -0.25) is 0 Å². The van der Waals surface area contributed by atoms with Gasteiger partial charge in [-0.15, -0.1) is 6.58 Å². The van der Waals surface area contributed by atoms with Gasteiger partial charge in [-0.1, -0.05) is 188 Å². The SMILES string of the molecule is C=CCc1cccc2ccccc12.CCc1ccc2c(c1)c1cc(C[C@H](CCc3ccc4ccc5cccc6ccc3c4c56)c3ccccc3)ccc1n2CC.Cc1ccccc1. The molecule has 11 rings (SSSR count). The molecule has 0 aliphatic carbocycles. The highest BCUT2D eigenvalue weighted by Gasteiger charge is 2.17. The van der Waals surface area contributed by atoms with Crippen molar-refractivity contribution in [1.29, 1.82) is 0 Å². The van der Waals surface area contributed by atoms with Crippen molar-refractivity contribution in [3.05, 3.63) is 240 Å². The molecule has 11 aromatic rings. The van der Waals surface area contributed by atoms with Gasteiger partial charge in [0.2, 0.25) is 0 Å². The molecule has 1 heteroatoms. The first-order valence-corrected chi connectivity index (χ1v) is 22.9. The van der Waals surface area contributed by atoms with Crippen LogP contribution in [0.4, 0.5) is 0 Å². The Morgan fingerprint density at radius 3 is 1.76 bits per heavy atom. The van der Waals surface area contributed by atoms with E-state index in [1.165, 1.54) is 98.3 Å². The van der Waals surface area contributed by atoms with Crippen molar-refractivity contribution in [3.8, 4) is 0 Å². The van der Waals surface area contributed by atoms with Crippen LogP contribution in [0.3, 0.4) is 0 Å². The highest BCUT2D eigenvalue weighted by molar-refractivity contribution is 6.23. The molecular weight excluding hydrogens is 759 g/mol. The van der Waals surface area contributed by atoms with Gasteiger partial charge >= 0.3 is 0 Å². The number of fused-ring (bicyclic) bond motifs is 4. The number of nitrogens with zero attached hydrogens (tertiary/aromatic N) is 1. The predicted octanol–water partition coefficient (Wildman–Crippen LogP) is 16.8. The van der Waals surface area contributed by atoms with Gasteiger partial charge in [0.1, 0.15) is 0 Å². The third-order valence-corrected chi connectivity index (χ3v) is 13.0. The van der Waals surface area contributed by atoms with Crippen LogP contribution < -0.4 is 0 Å². The quantitative estimate of drug-likeness (QED) is 0.0957. The normalized spacial score (nSPS) is 11.8. The van der Waals surface area contributed by atoms with Crippen LogP contribution in [-0.4, -0.2) is 4.57 Å². The topological polar surface area (TPSA) is 4.93 Å². The van der Waals surface area contributed by atoms with Crippen molar-refractivity contribution in [3.63, 3.8) is 0 Å². The van der Waals surface area contributed by atoms with E-state index in [1.54, 1.807) is 0 Å². The monoisotopic (exact) mass is 815 g/mol. The lowest BCUT2D eigenvalue weighted by Crippen LogP contribution is -2.05. The van der Waals surface area contributed by atoms with Crippen LogP contribution >= 0.6 is 0 Å². The highest BCUT2D eigenvalue weighted by atomic mass is 15.0. The summed E-state index contributed by atoms with van der Waals surface area (Å²) in [5, 5.41) is 13.7. The highest BCUT2D eigenvalue weighted by Crippen LogP contribution is 2.38. The summed E-state index contributed by atoms with van der Waals surface area (Å²) < 4.78 is 2.47. The van der Waals surface area contributed by atoms with Gasteiger partial charge in [0, 0.05) is 28.4 Å². The molecule has 1 atom stereocenters. The second-order valence-corrected chi connectivity index (χ2v) is 17.0. The summed E-state index contributed by atoms with van der Waals surface area (Å²) in [6, 6.07) is 71.1.